The number of benzene rings is 3. The Morgan fingerprint density at radius 2 is 1.61 bits per heavy atom. The molecule has 4 rings (SSSR count). The Balaban J connectivity index is 1.86. The van der Waals surface area contributed by atoms with Gasteiger partial charge < -0.3 is 19.5 Å². The summed E-state index contributed by atoms with van der Waals surface area (Å²) in [6.45, 7) is 10.2. The van der Waals surface area contributed by atoms with Gasteiger partial charge in [-0.1, -0.05) is 12.1 Å². The van der Waals surface area contributed by atoms with Gasteiger partial charge in [-0.3, -0.25) is 14.5 Å². The van der Waals surface area contributed by atoms with Gasteiger partial charge in [-0.05, 0) is 93.4 Å². The number of methoxy groups -OCH3 is 1. The highest BCUT2D eigenvalue weighted by Crippen LogP contribution is 2.43. The third-order valence-corrected chi connectivity index (χ3v) is 6.88. The van der Waals surface area contributed by atoms with E-state index >= 15 is 0 Å². The van der Waals surface area contributed by atoms with Crippen molar-refractivity contribution in [2.45, 2.75) is 33.7 Å². The van der Waals surface area contributed by atoms with Gasteiger partial charge in [0.05, 0.1) is 25.3 Å². The van der Waals surface area contributed by atoms with E-state index in [0.29, 0.717) is 34.9 Å². The molecule has 198 valence electrons. The van der Waals surface area contributed by atoms with Crippen molar-refractivity contribution in [1.82, 2.24) is 0 Å². The summed E-state index contributed by atoms with van der Waals surface area (Å²) in [5.74, 6) is -0.299. The molecule has 0 radical (unpaired) electrons. The van der Waals surface area contributed by atoms with Crippen LogP contribution in [0.2, 0.25) is 0 Å². The van der Waals surface area contributed by atoms with Gasteiger partial charge in [-0.15, -0.1) is 0 Å². The number of nitrogens with zero attached hydrogens (tertiary/aromatic N) is 2. The van der Waals surface area contributed by atoms with Gasteiger partial charge in [0.15, 0.2) is 0 Å². The number of carbonyl (C=O) groups is 2. The van der Waals surface area contributed by atoms with E-state index in [0.717, 1.165) is 24.3 Å². The van der Waals surface area contributed by atoms with Crippen molar-refractivity contribution >= 4 is 28.8 Å². The molecule has 1 saturated heterocycles. The molecule has 0 bridgehead atoms. The zero-order valence-corrected chi connectivity index (χ0v) is 22.5. The molecule has 3 aromatic carbocycles. The first-order valence-electron chi connectivity index (χ1n) is 12.9. The number of ether oxygens (including phenoxy) is 2. The largest absolute Gasteiger partial charge is 0.507 e. The van der Waals surface area contributed by atoms with Crippen molar-refractivity contribution in [1.29, 1.82) is 0 Å². The number of carbonyl (C=O) groups excluding carboxylic acids is 2. The number of rotatable bonds is 9. The molecule has 1 unspecified atom stereocenters. The minimum atomic E-state index is -0.813. The van der Waals surface area contributed by atoms with Gasteiger partial charge in [0.1, 0.15) is 17.3 Å². The molecule has 0 spiro atoms. The van der Waals surface area contributed by atoms with E-state index < -0.39 is 17.7 Å². The van der Waals surface area contributed by atoms with Crippen LogP contribution >= 0.6 is 0 Å². The van der Waals surface area contributed by atoms with E-state index in [9.17, 15) is 14.7 Å². The predicted octanol–water partition coefficient (Wildman–Crippen LogP) is 5.87. The van der Waals surface area contributed by atoms with Crippen LogP contribution in [0.3, 0.4) is 0 Å². The molecular weight excluding hydrogens is 480 g/mol. The number of hydrogen-bond donors (Lipinski definition) is 1. The molecule has 1 aliphatic heterocycles. The van der Waals surface area contributed by atoms with Gasteiger partial charge in [0.2, 0.25) is 0 Å². The number of aliphatic hydroxyl groups is 1. The van der Waals surface area contributed by atoms with E-state index in [2.05, 4.69) is 18.7 Å². The molecule has 7 heteroatoms. The molecule has 1 fully saturated rings. The van der Waals surface area contributed by atoms with E-state index in [1.165, 1.54) is 4.90 Å². The van der Waals surface area contributed by atoms with Crippen molar-refractivity contribution in [2.75, 3.05) is 36.6 Å². The number of amides is 1. The average Bonchev–Trinajstić information content (AvgIpc) is 3.20. The number of hydrogen-bond acceptors (Lipinski definition) is 6. The second-order valence-electron chi connectivity index (χ2n) is 9.04. The molecule has 7 nitrogen and oxygen atoms in total. The molecule has 1 N–H and O–H groups in total. The fourth-order valence-electron chi connectivity index (χ4n) is 4.88. The SMILES string of the molecule is CCOc1ccc(/C(O)=C2/C(=O)C(=O)N(c3ccc(N(CC)CC)cc3)C2c2ccc(OC)cc2)cc1C. The summed E-state index contributed by atoms with van der Waals surface area (Å²) in [7, 11) is 1.58. The van der Waals surface area contributed by atoms with Crippen molar-refractivity contribution in [3.8, 4) is 11.5 Å². The minimum Gasteiger partial charge on any atom is -0.507 e. The lowest BCUT2D eigenvalue weighted by Gasteiger charge is -2.27. The molecule has 38 heavy (non-hydrogen) atoms. The number of Topliss-reactive ketones (excluding diaryl/α,β-unsaturated/α-hetero) is 1. The average molecular weight is 515 g/mol. The van der Waals surface area contributed by atoms with Crippen LogP contribution in [0.4, 0.5) is 11.4 Å². The van der Waals surface area contributed by atoms with Crippen LogP contribution in [0.5, 0.6) is 11.5 Å². The van der Waals surface area contributed by atoms with Gasteiger partial charge in [0, 0.05) is 30.0 Å². The standard InChI is InChI=1S/C31H34N2O5/c1-6-32(7-2)23-12-14-24(15-13-23)33-28(21-9-16-25(37-5)17-10-21)27(30(35)31(33)36)29(34)22-11-18-26(38-8-3)20(4)19-22/h9-19,28,34H,6-8H2,1-5H3/b29-27-. The first kappa shape index (κ1) is 26.8. The zero-order chi connectivity index (χ0) is 27.4. The van der Waals surface area contributed by atoms with E-state index in [4.69, 9.17) is 9.47 Å². The summed E-state index contributed by atoms with van der Waals surface area (Å²) >= 11 is 0. The second-order valence-corrected chi connectivity index (χ2v) is 9.04. The Morgan fingerprint density at radius 1 is 0.947 bits per heavy atom. The Labute approximate surface area is 223 Å². The highest BCUT2D eigenvalue weighted by molar-refractivity contribution is 6.51. The van der Waals surface area contributed by atoms with Crippen molar-refractivity contribution in [2.24, 2.45) is 0 Å². The van der Waals surface area contributed by atoms with Crippen LogP contribution in [-0.2, 0) is 9.59 Å². The lowest BCUT2D eigenvalue weighted by atomic mass is 9.94. The maximum absolute atomic E-state index is 13.5. The highest BCUT2D eigenvalue weighted by Gasteiger charge is 2.47. The molecule has 0 aliphatic carbocycles. The monoisotopic (exact) mass is 514 g/mol. The number of anilines is 2. The summed E-state index contributed by atoms with van der Waals surface area (Å²) in [4.78, 5) is 30.6. The molecule has 3 aromatic rings. The van der Waals surface area contributed by atoms with Crippen molar-refractivity contribution in [3.05, 3.63) is 89.0 Å². The topological polar surface area (TPSA) is 79.3 Å². The van der Waals surface area contributed by atoms with Crippen LogP contribution in [0.15, 0.2) is 72.3 Å². The van der Waals surface area contributed by atoms with Crippen molar-refractivity contribution < 1.29 is 24.2 Å². The predicted molar refractivity (Wildman–Crippen MR) is 150 cm³/mol. The Kier molecular flexibility index (Phi) is 8.05. The first-order valence-corrected chi connectivity index (χ1v) is 12.9. The maximum atomic E-state index is 13.5. The van der Waals surface area contributed by atoms with E-state index in [1.54, 1.807) is 37.4 Å². The summed E-state index contributed by atoms with van der Waals surface area (Å²) in [6, 6.07) is 19.2. The molecule has 1 aliphatic rings. The van der Waals surface area contributed by atoms with Crippen LogP contribution in [0, 0.1) is 6.92 Å². The first-order chi connectivity index (χ1) is 18.3. The second kappa shape index (κ2) is 11.4. The molecule has 0 aromatic heterocycles. The molecule has 1 amide bonds. The van der Waals surface area contributed by atoms with Gasteiger partial charge in [0.25, 0.3) is 11.7 Å². The number of ketones is 1. The summed E-state index contributed by atoms with van der Waals surface area (Å²) in [6.07, 6.45) is 0. The normalized spacial score (nSPS) is 16.6. The number of aryl methyl sites for hydroxylation is 1. The molecule has 0 saturated carbocycles. The summed E-state index contributed by atoms with van der Waals surface area (Å²) in [5, 5.41) is 11.4. The van der Waals surface area contributed by atoms with E-state index in [-0.39, 0.29) is 11.3 Å². The van der Waals surface area contributed by atoms with Crippen LogP contribution in [-0.4, -0.2) is 43.6 Å². The van der Waals surface area contributed by atoms with Gasteiger partial charge in [-0.2, -0.15) is 0 Å². The van der Waals surface area contributed by atoms with Gasteiger partial charge in [-0.25, -0.2) is 0 Å². The van der Waals surface area contributed by atoms with Crippen molar-refractivity contribution in [3.63, 3.8) is 0 Å². The quantitative estimate of drug-likeness (QED) is 0.218. The van der Waals surface area contributed by atoms with Gasteiger partial charge >= 0.3 is 0 Å². The maximum Gasteiger partial charge on any atom is 0.300 e. The van der Waals surface area contributed by atoms with Crippen LogP contribution in [0.1, 0.15) is 43.5 Å². The molecule has 1 heterocycles. The smallest absolute Gasteiger partial charge is 0.300 e. The van der Waals surface area contributed by atoms with Crippen LogP contribution in [0.25, 0.3) is 5.76 Å². The Bertz CT molecular complexity index is 1340. The van der Waals surface area contributed by atoms with Crippen LogP contribution < -0.4 is 19.3 Å². The Hall–Kier alpha value is -4.26. The molecule has 1 atom stereocenters. The summed E-state index contributed by atoms with van der Waals surface area (Å²) in [5.41, 5.74) is 3.59. The summed E-state index contributed by atoms with van der Waals surface area (Å²) < 4.78 is 10.9. The Morgan fingerprint density at radius 3 is 2.16 bits per heavy atom. The lowest BCUT2D eigenvalue weighted by molar-refractivity contribution is -0.132. The lowest BCUT2D eigenvalue weighted by Crippen LogP contribution is -2.29. The highest BCUT2D eigenvalue weighted by atomic mass is 16.5. The zero-order valence-electron chi connectivity index (χ0n) is 22.5. The minimum absolute atomic E-state index is 0.0385. The third kappa shape index (κ3) is 4.96. The number of aliphatic hydroxyl groups excluding tert-OH is 1. The third-order valence-electron chi connectivity index (χ3n) is 6.88. The molecular formula is C31H34N2O5. The fraction of sp³-hybridized carbons (Fsp3) is 0.290. The fourth-order valence-corrected chi connectivity index (χ4v) is 4.88. The van der Waals surface area contributed by atoms with E-state index in [1.807, 2.05) is 50.2 Å².